The molecule has 0 aliphatic carbocycles. The molecule has 0 saturated carbocycles. The molecule has 0 aromatic heterocycles. The number of anilines is 1. The predicted octanol–water partition coefficient (Wildman–Crippen LogP) is 0.771. The predicted molar refractivity (Wildman–Crippen MR) is 162 cm³/mol. The number of guanidine groups is 1. The molecule has 1 heterocycles. The first-order chi connectivity index (χ1) is 19.9. The van der Waals surface area contributed by atoms with Crippen LogP contribution in [0.5, 0.6) is 0 Å². The van der Waals surface area contributed by atoms with Crippen LogP contribution in [-0.2, 0) is 24.4 Å². The van der Waals surface area contributed by atoms with Crippen molar-refractivity contribution in [2.24, 2.45) is 16.5 Å². The monoisotopic (exact) mass is 638 g/mol. The van der Waals surface area contributed by atoms with Crippen LogP contribution in [0, 0.1) is 17.0 Å². The first-order valence-electron chi connectivity index (χ1n) is 13.1. The van der Waals surface area contributed by atoms with Crippen molar-refractivity contribution >= 4 is 57.5 Å². The summed E-state index contributed by atoms with van der Waals surface area (Å²) in [6.07, 6.45) is 1.33. The van der Waals surface area contributed by atoms with Crippen LogP contribution in [0.2, 0.25) is 0 Å². The van der Waals surface area contributed by atoms with E-state index in [0.717, 1.165) is 5.56 Å². The smallest absolute Gasteiger partial charge is 0.269 e. The van der Waals surface area contributed by atoms with Crippen molar-refractivity contribution in [1.29, 1.82) is 0 Å². The number of nitrogens with zero attached hydrogens (tertiary/aromatic N) is 3. The van der Waals surface area contributed by atoms with Gasteiger partial charge in [0, 0.05) is 30.9 Å². The van der Waals surface area contributed by atoms with Crippen molar-refractivity contribution in [2.45, 2.75) is 49.6 Å². The van der Waals surface area contributed by atoms with Gasteiger partial charge in [-0.05, 0) is 56.9 Å². The third-order valence-corrected chi connectivity index (χ3v) is 7.96. The molecule has 15 nitrogen and oxygen atoms in total. The van der Waals surface area contributed by atoms with Gasteiger partial charge in [-0.25, -0.2) is 13.1 Å². The van der Waals surface area contributed by atoms with Crippen LogP contribution in [0.1, 0.15) is 31.2 Å². The Kier molecular flexibility index (Phi) is 12.8. The number of carbonyl (C=O) groups excluding carboxylic acids is 3. The fourth-order valence-corrected chi connectivity index (χ4v) is 5.31. The van der Waals surface area contributed by atoms with E-state index in [2.05, 4.69) is 20.3 Å². The molecule has 3 amide bonds. The van der Waals surface area contributed by atoms with Crippen molar-refractivity contribution < 1.29 is 27.7 Å². The van der Waals surface area contributed by atoms with Gasteiger partial charge in [0.05, 0.1) is 16.4 Å². The molecule has 2 aromatic rings. The zero-order valence-electron chi connectivity index (χ0n) is 23.4. The average Bonchev–Trinajstić information content (AvgIpc) is 3.44. The largest absolute Gasteiger partial charge is 0.370 e. The molecule has 0 bridgehead atoms. The summed E-state index contributed by atoms with van der Waals surface area (Å²) in [6, 6.07) is 9.40. The third kappa shape index (κ3) is 10.2. The number of halogens is 1. The van der Waals surface area contributed by atoms with Crippen LogP contribution < -0.4 is 26.8 Å². The second-order valence-corrected chi connectivity index (χ2v) is 11.5. The number of likely N-dealkylation sites (tertiary alicyclic amines) is 1. The van der Waals surface area contributed by atoms with Gasteiger partial charge in [-0.2, -0.15) is 0 Å². The summed E-state index contributed by atoms with van der Waals surface area (Å²) < 4.78 is 27.5. The van der Waals surface area contributed by atoms with Gasteiger partial charge in [0.2, 0.25) is 27.7 Å². The lowest BCUT2D eigenvalue weighted by molar-refractivity contribution is -0.384. The molecular weight excluding hydrogens is 604 g/mol. The normalized spacial score (nSPS) is 15.1. The lowest BCUT2D eigenvalue weighted by atomic mass is 10.1. The van der Waals surface area contributed by atoms with E-state index < -0.39 is 51.3 Å². The maximum atomic E-state index is 13.3. The van der Waals surface area contributed by atoms with Crippen LogP contribution in [0.3, 0.4) is 0 Å². The van der Waals surface area contributed by atoms with Gasteiger partial charge in [0.1, 0.15) is 12.1 Å². The summed E-state index contributed by atoms with van der Waals surface area (Å²) in [5.41, 5.74) is 11.7. The first kappa shape index (κ1) is 34.9. The highest BCUT2D eigenvalue weighted by atomic mass is 35.5. The standard InChI is InChI=1S/C26H34N8O7S.ClH/c1-17-6-12-20(13-7-17)42(40,41)30-16-23(35)33-15-3-5-22(33)25(37)32-21(4-2-14-29-26(27)28)24(36)31-18-8-10-19(11-9-18)34(38)39;/h6-13,21-22,30H,2-5,14-16H2,1H3,(H,31,36)(H,32,37)(H4,27,28,29);1H. The summed E-state index contributed by atoms with van der Waals surface area (Å²) in [5.74, 6) is -1.86. The number of sulfonamides is 1. The number of hydrogen-bond acceptors (Lipinski definition) is 8. The van der Waals surface area contributed by atoms with Gasteiger partial charge < -0.3 is 27.0 Å². The Bertz CT molecular complexity index is 1430. The summed E-state index contributed by atoms with van der Waals surface area (Å²) >= 11 is 0. The Morgan fingerprint density at radius 1 is 1.12 bits per heavy atom. The number of amides is 3. The highest BCUT2D eigenvalue weighted by Gasteiger charge is 2.36. The Labute approximate surface area is 255 Å². The molecule has 7 N–H and O–H groups in total. The number of nitrogens with one attached hydrogen (secondary N) is 3. The Hall–Kier alpha value is -4.28. The Balaban J connectivity index is 0.00000645. The zero-order valence-corrected chi connectivity index (χ0v) is 25.0. The van der Waals surface area contributed by atoms with E-state index in [1.807, 2.05) is 6.92 Å². The summed E-state index contributed by atoms with van der Waals surface area (Å²) in [6.45, 7) is 1.73. The fraction of sp³-hybridized carbons (Fsp3) is 0.385. The van der Waals surface area contributed by atoms with Crippen LogP contribution in [0.15, 0.2) is 58.4 Å². The molecule has 234 valence electrons. The number of hydrogen-bond donors (Lipinski definition) is 5. The molecule has 3 rings (SSSR count). The molecule has 1 fully saturated rings. The lowest BCUT2D eigenvalue weighted by Gasteiger charge is -2.26. The maximum absolute atomic E-state index is 13.3. The number of nitrogens with two attached hydrogens (primary N) is 2. The minimum atomic E-state index is -3.94. The number of aryl methyl sites for hydroxylation is 1. The maximum Gasteiger partial charge on any atom is 0.269 e. The second kappa shape index (κ2) is 15.8. The molecule has 1 saturated heterocycles. The quantitative estimate of drug-likeness (QED) is 0.0684. The van der Waals surface area contributed by atoms with Crippen molar-refractivity contribution in [3.8, 4) is 0 Å². The van der Waals surface area contributed by atoms with Gasteiger partial charge >= 0.3 is 0 Å². The van der Waals surface area contributed by atoms with E-state index in [-0.39, 0.29) is 54.1 Å². The number of rotatable bonds is 13. The lowest BCUT2D eigenvalue weighted by Crippen LogP contribution is -2.53. The third-order valence-electron chi connectivity index (χ3n) is 6.54. The highest BCUT2D eigenvalue weighted by Crippen LogP contribution is 2.20. The van der Waals surface area contributed by atoms with E-state index >= 15 is 0 Å². The molecule has 1 aliphatic heterocycles. The van der Waals surface area contributed by atoms with E-state index in [9.17, 15) is 32.9 Å². The number of carbonyl (C=O) groups is 3. The SMILES string of the molecule is Cc1ccc(S(=O)(=O)NCC(=O)N2CCCC2C(=O)NC(CCCN=C(N)N)C(=O)Nc2ccc([N+](=O)[O-])cc2)cc1.Cl. The summed E-state index contributed by atoms with van der Waals surface area (Å²) in [7, 11) is -3.94. The zero-order chi connectivity index (χ0) is 30.9. The van der Waals surface area contributed by atoms with E-state index in [4.69, 9.17) is 11.5 Å². The van der Waals surface area contributed by atoms with E-state index in [0.29, 0.717) is 19.3 Å². The number of nitro groups is 1. The molecule has 2 unspecified atom stereocenters. The number of aliphatic imine (C=N–C) groups is 1. The molecular formula is C26H35ClN8O7S. The molecule has 2 aromatic carbocycles. The molecule has 1 aliphatic rings. The Morgan fingerprint density at radius 3 is 2.37 bits per heavy atom. The first-order valence-corrected chi connectivity index (χ1v) is 14.6. The minimum Gasteiger partial charge on any atom is -0.370 e. The van der Waals surface area contributed by atoms with Crippen LogP contribution in [0.25, 0.3) is 0 Å². The van der Waals surface area contributed by atoms with Gasteiger partial charge in [-0.1, -0.05) is 17.7 Å². The van der Waals surface area contributed by atoms with Gasteiger partial charge in [0.15, 0.2) is 5.96 Å². The fourth-order valence-electron chi connectivity index (χ4n) is 4.33. The molecule has 0 spiro atoms. The summed E-state index contributed by atoms with van der Waals surface area (Å²) in [4.78, 5) is 54.8. The van der Waals surface area contributed by atoms with Crippen LogP contribution in [-0.4, -0.2) is 73.6 Å². The molecule has 2 atom stereocenters. The van der Waals surface area contributed by atoms with Crippen LogP contribution >= 0.6 is 12.4 Å². The molecule has 0 radical (unpaired) electrons. The molecule has 17 heteroatoms. The van der Waals surface area contributed by atoms with Crippen molar-refractivity contribution in [2.75, 3.05) is 25.0 Å². The van der Waals surface area contributed by atoms with Crippen molar-refractivity contribution in [3.63, 3.8) is 0 Å². The van der Waals surface area contributed by atoms with Crippen molar-refractivity contribution in [3.05, 3.63) is 64.2 Å². The highest BCUT2D eigenvalue weighted by molar-refractivity contribution is 7.89. The Morgan fingerprint density at radius 2 is 1.77 bits per heavy atom. The topological polar surface area (TPSA) is 232 Å². The average molecular weight is 639 g/mol. The van der Waals surface area contributed by atoms with Crippen molar-refractivity contribution in [1.82, 2.24) is 14.9 Å². The number of non-ortho nitro benzene ring substituents is 1. The van der Waals surface area contributed by atoms with Gasteiger partial charge in [-0.3, -0.25) is 29.5 Å². The number of benzene rings is 2. The number of nitro benzene ring substituents is 1. The van der Waals surface area contributed by atoms with Gasteiger partial charge in [-0.15, -0.1) is 12.4 Å². The van der Waals surface area contributed by atoms with E-state index in [1.54, 1.807) is 12.1 Å². The van der Waals surface area contributed by atoms with E-state index in [1.165, 1.54) is 41.3 Å². The minimum absolute atomic E-state index is 0. The van der Waals surface area contributed by atoms with Crippen LogP contribution in [0.4, 0.5) is 11.4 Å². The second-order valence-electron chi connectivity index (χ2n) is 9.69. The molecule has 43 heavy (non-hydrogen) atoms. The van der Waals surface area contributed by atoms with Gasteiger partial charge in [0.25, 0.3) is 5.69 Å². The summed E-state index contributed by atoms with van der Waals surface area (Å²) in [5, 5.41) is 16.2.